The lowest BCUT2D eigenvalue weighted by Crippen LogP contribution is -2.58. The fraction of sp³-hybridized carbons (Fsp3) is 0.400. The molecule has 2 atom stereocenters. The van der Waals surface area contributed by atoms with Crippen LogP contribution < -0.4 is 0 Å². The van der Waals surface area contributed by atoms with E-state index in [-0.39, 0.29) is 0 Å². The second-order valence-electron chi connectivity index (χ2n) is 5.12. The Labute approximate surface area is 127 Å². The Hall–Kier alpha value is -3.29. The molecule has 0 unspecified atom stereocenters. The van der Waals surface area contributed by atoms with Gasteiger partial charge in [-0.1, -0.05) is 17.7 Å². The van der Waals surface area contributed by atoms with Gasteiger partial charge in [0.25, 0.3) is 0 Å². The van der Waals surface area contributed by atoms with Crippen molar-refractivity contribution in [2.75, 3.05) is 7.11 Å². The van der Waals surface area contributed by atoms with Crippen LogP contribution in [0.1, 0.15) is 6.92 Å². The lowest BCUT2D eigenvalue weighted by molar-refractivity contribution is 0.0958. The molecule has 0 aromatic heterocycles. The highest BCUT2D eigenvalue weighted by atomic mass is 16.5. The fourth-order valence-electron chi connectivity index (χ4n) is 3.16. The summed E-state index contributed by atoms with van der Waals surface area (Å²) in [5.41, 5.74) is -3.36. The zero-order valence-electron chi connectivity index (χ0n) is 11.9. The predicted molar refractivity (Wildman–Crippen MR) is 71.7 cm³/mol. The van der Waals surface area contributed by atoms with E-state index in [4.69, 9.17) is 0 Å². The minimum absolute atomic E-state index is 0.560. The van der Waals surface area contributed by atoms with Gasteiger partial charge in [0.2, 0.25) is 5.41 Å². The van der Waals surface area contributed by atoms with E-state index < -0.39 is 28.9 Å². The third-order valence-corrected chi connectivity index (χ3v) is 4.23. The van der Waals surface area contributed by atoms with E-state index in [0.29, 0.717) is 5.57 Å². The Morgan fingerprint density at radius 1 is 1.18 bits per heavy atom. The summed E-state index contributed by atoms with van der Waals surface area (Å²) in [6.45, 7) is 1.66. The lowest BCUT2D eigenvalue weighted by atomic mass is 9.53. The Balaban J connectivity index is 2.86. The Bertz CT molecular complexity index is 725. The van der Waals surface area contributed by atoms with E-state index in [0.717, 1.165) is 4.90 Å². The normalized spacial score (nSPS) is 26.5. The van der Waals surface area contributed by atoms with Gasteiger partial charge in [-0.05, 0) is 6.92 Å². The molecule has 3 aliphatic rings. The number of hydrogen-bond donors (Lipinski definition) is 0. The first-order valence-electron chi connectivity index (χ1n) is 6.36. The first-order valence-corrected chi connectivity index (χ1v) is 6.36. The second kappa shape index (κ2) is 4.92. The van der Waals surface area contributed by atoms with Crippen LogP contribution in [0.3, 0.4) is 0 Å². The predicted octanol–water partition coefficient (Wildman–Crippen LogP) is 1.59. The van der Waals surface area contributed by atoms with Crippen molar-refractivity contribution in [3.8, 4) is 24.3 Å². The van der Waals surface area contributed by atoms with Crippen LogP contribution in [0.25, 0.3) is 0 Å². The average Bonchev–Trinajstić information content (AvgIpc) is 2.79. The molecular weight excluding hydrogens is 282 g/mol. The molecule has 0 N–H and O–H groups in total. The monoisotopic (exact) mass is 293 g/mol. The Kier molecular flexibility index (Phi) is 3.38. The number of fused-ring (bicyclic) bond motifs is 2. The van der Waals surface area contributed by atoms with Crippen LogP contribution in [-0.2, 0) is 4.74 Å². The molecule has 2 heterocycles. The minimum Gasteiger partial charge on any atom is -0.452 e. The summed E-state index contributed by atoms with van der Waals surface area (Å²) in [6.07, 6.45) is 3.72. The van der Waals surface area contributed by atoms with Crippen LogP contribution in [-0.4, -0.2) is 24.1 Å². The number of allylic oxidation sites excluding steroid dienone is 2. The van der Waals surface area contributed by atoms with Crippen LogP contribution in [0, 0.1) is 62.1 Å². The molecule has 0 aromatic rings. The van der Waals surface area contributed by atoms with Crippen LogP contribution in [0.5, 0.6) is 0 Å². The molecule has 1 aliphatic carbocycles. The van der Waals surface area contributed by atoms with Gasteiger partial charge in [-0.3, -0.25) is 4.90 Å². The number of rotatable bonds is 0. The summed E-state index contributed by atoms with van der Waals surface area (Å²) in [5.74, 6) is -0.771. The molecule has 0 aromatic carbocycles. The van der Waals surface area contributed by atoms with Crippen LogP contribution in [0.15, 0.2) is 23.9 Å². The van der Waals surface area contributed by atoms with Crippen molar-refractivity contribution in [2.45, 2.75) is 13.0 Å². The van der Waals surface area contributed by atoms with Gasteiger partial charge in [-0.25, -0.2) is 4.79 Å². The van der Waals surface area contributed by atoms with Crippen LogP contribution in [0.4, 0.5) is 4.79 Å². The molecule has 0 fully saturated rings. The van der Waals surface area contributed by atoms with Gasteiger partial charge in [-0.15, -0.1) is 0 Å². The standard InChI is InChI=1S/C15H11N5O2/c1-10-5-11-3-4-20(13(21)22-2)12(10)15(8-18,9-19)14(11,6-16)7-17/h3-5,11-12H,1-2H3/t11-,12+/m0/s1. The SMILES string of the molecule is COC(=O)N1C=C[C@H]2C=C(C)[C@@H]1C(C#N)(C#N)C2(C#N)C#N. The van der Waals surface area contributed by atoms with Crippen molar-refractivity contribution in [1.82, 2.24) is 4.90 Å². The lowest BCUT2D eigenvalue weighted by Gasteiger charge is -2.44. The number of nitrogens with zero attached hydrogens (tertiary/aromatic N) is 5. The molecule has 2 aliphatic heterocycles. The number of carbonyl (C=O) groups is 1. The first kappa shape index (κ1) is 15.1. The summed E-state index contributed by atoms with van der Waals surface area (Å²) in [5, 5.41) is 38.5. The zero-order valence-corrected chi connectivity index (χ0v) is 11.9. The van der Waals surface area contributed by atoms with Crippen molar-refractivity contribution >= 4 is 6.09 Å². The van der Waals surface area contributed by atoms with Crippen LogP contribution in [0.2, 0.25) is 0 Å². The number of hydrogen-bond acceptors (Lipinski definition) is 6. The summed E-state index contributed by atoms with van der Waals surface area (Å²) >= 11 is 0. The van der Waals surface area contributed by atoms with E-state index in [2.05, 4.69) is 4.74 Å². The number of methoxy groups -OCH3 is 1. The number of nitriles is 4. The van der Waals surface area contributed by atoms with E-state index in [1.54, 1.807) is 13.0 Å². The summed E-state index contributed by atoms with van der Waals surface area (Å²) < 4.78 is 4.69. The fourth-order valence-corrected chi connectivity index (χ4v) is 3.16. The Morgan fingerprint density at radius 3 is 2.18 bits per heavy atom. The summed E-state index contributed by atoms with van der Waals surface area (Å²) in [7, 11) is 1.18. The molecule has 2 bridgehead atoms. The highest BCUT2D eigenvalue weighted by Gasteiger charge is 2.67. The Morgan fingerprint density at radius 2 is 1.73 bits per heavy atom. The molecule has 0 spiro atoms. The molecule has 7 heteroatoms. The molecule has 7 nitrogen and oxygen atoms in total. The van der Waals surface area contributed by atoms with Gasteiger partial charge in [0.1, 0.15) is 0 Å². The summed E-state index contributed by atoms with van der Waals surface area (Å²) in [4.78, 5) is 13.1. The van der Waals surface area contributed by atoms with Gasteiger partial charge >= 0.3 is 6.09 Å². The topological polar surface area (TPSA) is 125 Å². The maximum absolute atomic E-state index is 12.0. The van der Waals surface area contributed by atoms with Crippen molar-refractivity contribution in [3.05, 3.63) is 23.9 Å². The molecule has 22 heavy (non-hydrogen) atoms. The molecular formula is C15H11N5O2. The number of ether oxygens (including phenoxy) is 1. The van der Waals surface area contributed by atoms with E-state index in [1.807, 2.05) is 24.3 Å². The van der Waals surface area contributed by atoms with E-state index in [9.17, 15) is 25.8 Å². The highest BCUT2D eigenvalue weighted by molar-refractivity contribution is 5.71. The highest BCUT2D eigenvalue weighted by Crippen LogP contribution is 2.55. The number of amides is 1. The van der Waals surface area contributed by atoms with Gasteiger partial charge < -0.3 is 4.74 Å². The zero-order chi connectivity index (χ0) is 16.5. The van der Waals surface area contributed by atoms with Crippen molar-refractivity contribution < 1.29 is 9.53 Å². The van der Waals surface area contributed by atoms with Gasteiger partial charge in [-0.2, -0.15) is 21.0 Å². The van der Waals surface area contributed by atoms with Crippen molar-refractivity contribution in [2.24, 2.45) is 16.7 Å². The molecule has 108 valence electrons. The maximum Gasteiger partial charge on any atom is 0.414 e. The van der Waals surface area contributed by atoms with E-state index >= 15 is 0 Å². The second-order valence-corrected chi connectivity index (χ2v) is 5.12. The third kappa shape index (κ3) is 1.48. The van der Waals surface area contributed by atoms with Crippen molar-refractivity contribution in [1.29, 1.82) is 21.0 Å². The van der Waals surface area contributed by atoms with Crippen molar-refractivity contribution in [3.63, 3.8) is 0 Å². The molecule has 0 radical (unpaired) electrons. The number of carbonyl (C=O) groups excluding carboxylic acids is 1. The molecule has 1 amide bonds. The smallest absolute Gasteiger partial charge is 0.414 e. The molecule has 0 saturated carbocycles. The van der Waals surface area contributed by atoms with E-state index in [1.165, 1.54) is 19.4 Å². The molecule has 0 saturated heterocycles. The molecule has 3 rings (SSSR count). The third-order valence-electron chi connectivity index (χ3n) is 4.23. The summed E-state index contributed by atoms with van der Waals surface area (Å²) in [6, 6.07) is 6.30. The van der Waals surface area contributed by atoms with Gasteiger partial charge in [0.15, 0.2) is 5.41 Å². The quantitative estimate of drug-likeness (QED) is 0.624. The minimum atomic E-state index is -2.02. The van der Waals surface area contributed by atoms with Gasteiger partial charge in [0, 0.05) is 12.1 Å². The van der Waals surface area contributed by atoms with Gasteiger partial charge in [0.05, 0.1) is 37.4 Å². The van der Waals surface area contributed by atoms with Crippen LogP contribution >= 0.6 is 0 Å². The largest absolute Gasteiger partial charge is 0.452 e. The first-order chi connectivity index (χ1) is 10.5. The maximum atomic E-state index is 12.0. The average molecular weight is 293 g/mol.